The average molecular weight is 539 g/mol. The van der Waals surface area contributed by atoms with Gasteiger partial charge in [-0.3, -0.25) is 23.8 Å². The first kappa shape index (κ1) is 30.4. The predicted molar refractivity (Wildman–Crippen MR) is 135 cm³/mol. The number of hydrogen-bond donors (Lipinski definition) is 2. The molecule has 0 saturated carbocycles. The summed E-state index contributed by atoms with van der Waals surface area (Å²) in [6.45, 7) is 11.2. The molecule has 11 nitrogen and oxygen atoms in total. The molecule has 37 heavy (non-hydrogen) atoms. The van der Waals surface area contributed by atoms with Crippen LogP contribution >= 0.6 is 7.60 Å². The smallest absolute Gasteiger partial charge is 0.364 e. The zero-order valence-electron chi connectivity index (χ0n) is 21.8. The summed E-state index contributed by atoms with van der Waals surface area (Å²) in [5, 5.41) is 13.2. The highest BCUT2D eigenvalue weighted by Gasteiger charge is 2.50. The summed E-state index contributed by atoms with van der Waals surface area (Å²) in [4.78, 5) is 53.6. The van der Waals surface area contributed by atoms with Crippen LogP contribution in [0.4, 0.5) is 0 Å². The van der Waals surface area contributed by atoms with E-state index in [0.29, 0.717) is 4.90 Å². The molecule has 3 amide bonds. The van der Waals surface area contributed by atoms with Gasteiger partial charge < -0.3 is 24.2 Å². The number of aliphatic hydroxyl groups excluding tert-OH is 1. The number of imide groups is 1. The van der Waals surface area contributed by atoms with E-state index >= 15 is 0 Å². The van der Waals surface area contributed by atoms with Crippen LogP contribution in [-0.4, -0.2) is 70.4 Å². The molecule has 2 N–H and O–H groups in total. The molecule has 0 radical (unpaired) electrons. The van der Waals surface area contributed by atoms with Gasteiger partial charge in [0.15, 0.2) is 0 Å². The molecule has 204 valence electrons. The summed E-state index contributed by atoms with van der Waals surface area (Å²) in [6.07, 6.45) is 0.210. The summed E-state index contributed by atoms with van der Waals surface area (Å²) in [7, 11) is -4.33. The zero-order valence-corrected chi connectivity index (χ0v) is 22.7. The van der Waals surface area contributed by atoms with E-state index in [9.17, 15) is 28.8 Å². The normalized spacial score (nSPS) is 16.1. The summed E-state index contributed by atoms with van der Waals surface area (Å²) >= 11 is 0. The third kappa shape index (κ3) is 7.13. The van der Waals surface area contributed by atoms with Gasteiger partial charge in [-0.05, 0) is 59.6 Å². The van der Waals surface area contributed by atoms with E-state index in [1.54, 1.807) is 32.9 Å². The lowest BCUT2D eigenvalue weighted by Crippen LogP contribution is -2.58. The number of hydrogen-bond acceptors (Lipinski definition) is 9. The quantitative estimate of drug-likeness (QED) is 0.167. The van der Waals surface area contributed by atoms with Crippen molar-refractivity contribution in [2.75, 3.05) is 13.2 Å². The van der Waals surface area contributed by atoms with Crippen LogP contribution in [-0.2, 0) is 27.9 Å². The van der Waals surface area contributed by atoms with Crippen LogP contribution < -0.4 is 5.32 Å². The summed E-state index contributed by atoms with van der Waals surface area (Å²) in [6, 6.07) is 4.24. The van der Waals surface area contributed by atoms with E-state index < -0.39 is 54.8 Å². The van der Waals surface area contributed by atoms with E-state index in [1.807, 2.05) is 0 Å². The van der Waals surface area contributed by atoms with Gasteiger partial charge in [-0.1, -0.05) is 18.2 Å². The van der Waals surface area contributed by atoms with Gasteiger partial charge in [-0.2, -0.15) is 0 Å². The van der Waals surface area contributed by atoms with E-state index in [1.165, 1.54) is 32.1 Å². The second kappa shape index (κ2) is 12.6. The minimum absolute atomic E-state index is 0.0271. The van der Waals surface area contributed by atoms with Crippen LogP contribution in [0.1, 0.15) is 68.2 Å². The first-order chi connectivity index (χ1) is 17.3. The lowest BCUT2D eigenvalue weighted by molar-refractivity contribution is -0.157. The Hall–Kier alpha value is -2.85. The maximum atomic E-state index is 13.6. The first-order valence-electron chi connectivity index (χ1n) is 12.0. The highest BCUT2D eigenvalue weighted by molar-refractivity contribution is 7.55. The third-order valence-electron chi connectivity index (χ3n) is 5.25. The van der Waals surface area contributed by atoms with Gasteiger partial charge >= 0.3 is 13.6 Å². The molecule has 3 atom stereocenters. The molecule has 0 bridgehead atoms. The number of rotatable bonds is 13. The van der Waals surface area contributed by atoms with Crippen LogP contribution in [0.15, 0.2) is 36.9 Å². The molecule has 0 aliphatic carbocycles. The van der Waals surface area contributed by atoms with Gasteiger partial charge in [0.25, 0.3) is 11.8 Å². The zero-order chi connectivity index (χ0) is 28.0. The van der Waals surface area contributed by atoms with Crippen molar-refractivity contribution in [3.63, 3.8) is 0 Å². The Bertz CT molecular complexity index is 1040. The van der Waals surface area contributed by atoms with E-state index in [0.717, 1.165) is 0 Å². The Morgan fingerprint density at radius 3 is 2.05 bits per heavy atom. The second-order valence-electron chi connectivity index (χ2n) is 9.22. The van der Waals surface area contributed by atoms with Crippen molar-refractivity contribution in [3.05, 3.63) is 48.0 Å². The standard InChI is InChI=1S/C25H35N2O9P/c1-7-10-15-18(28)19(27-22(30)16-13-11-12-14-17(16)23(27)31)20(29)26-21(24(32)36-25(4,5)6)37(33,34-8-2)35-9-3/h7,11-14,18-19,21,28H,1,8-10,15H2,2-6H3,(H,26,29)/t18-,19-,21?/m0/s1. The highest BCUT2D eigenvalue weighted by atomic mass is 31.2. The number of amides is 3. The number of benzene rings is 1. The van der Waals surface area contributed by atoms with Crippen molar-refractivity contribution in [2.45, 2.75) is 71.0 Å². The van der Waals surface area contributed by atoms with Crippen LogP contribution in [0.2, 0.25) is 0 Å². The van der Waals surface area contributed by atoms with Gasteiger partial charge in [0, 0.05) is 0 Å². The summed E-state index contributed by atoms with van der Waals surface area (Å²) in [5.74, 6) is -5.72. The summed E-state index contributed by atoms with van der Waals surface area (Å²) in [5.41, 5.74) is -0.882. The maximum absolute atomic E-state index is 13.6. The van der Waals surface area contributed by atoms with Gasteiger partial charge in [-0.15, -0.1) is 6.58 Å². The predicted octanol–water partition coefficient (Wildman–Crippen LogP) is 3.03. The number of nitrogens with zero attached hydrogens (tertiary/aromatic N) is 1. The van der Waals surface area contributed by atoms with Crippen molar-refractivity contribution in [2.24, 2.45) is 0 Å². The van der Waals surface area contributed by atoms with Gasteiger partial charge in [0.2, 0.25) is 11.7 Å². The fourth-order valence-corrected chi connectivity index (χ4v) is 5.45. The Morgan fingerprint density at radius 2 is 1.62 bits per heavy atom. The largest absolute Gasteiger partial charge is 0.458 e. The topological polar surface area (TPSA) is 149 Å². The molecule has 1 aromatic rings. The molecular formula is C25H35N2O9P. The van der Waals surface area contributed by atoms with Crippen LogP contribution in [0.5, 0.6) is 0 Å². The second-order valence-corrected chi connectivity index (χ2v) is 11.3. The lowest BCUT2D eigenvalue weighted by Gasteiger charge is -2.33. The first-order valence-corrected chi connectivity index (χ1v) is 13.6. The van der Waals surface area contributed by atoms with Gasteiger partial charge in [-0.25, -0.2) is 4.79 Å². The fraction of sp³-hybridized carbons (Fsp3) is 0.520. The molecule has 1 aromatic carbocycles. The van der Waals surface area contributed by atoms with E-state index in [2.05, 4.69) is 11.9 Å². The van der Waals surface area contributed by atoms with Crippen LogP contribution in [0.25, 0.3) is 0 Å². The number of carbonyl (C=O) groups excluding carboxylic acids is 4. The number of ether oxygens (including phenoxy) is 1. The number of esters is 1. The molecule has 0 saturated heterocycles. The molecule has 2 rings (SSSR count). The van der Waals surface area contributed by atoms with Gasteiger partial charge in [0.05, 0.1) is 30.4 Å². The maximum Gasteiger partial charge on any atom is 0.364 e. The number of aliphatic hydroxyl groups is 1. The Labute approximate surface area is 216 Å². The molecule has 0 aromatic heterocycles. The minimum atomic E-state index is -4.33. The van der Waals surface area contributed by atoms with Gasteiger partial charge in [0.1, 0.15) is 11.6 Å². The Morgan fingerprint density at radius 1 is 1.11 bits per heavy atom. The van der Waals surface area contributed by atoms with Crippen molar-refractivity contribution >= 4 is 31.3 Å². The van der Waals surface area contributed by atoms with Crippen molar-refractivity contribution < 1.29 is 42.6 Å². The van der Waals surface area contributed by atoms with E-state index in [-0.39, 0.29) is 37.2 Å². The molecule has 1 aliphatic heterocycles. The Kier molecular flexibility index (Phi) is 10.3. The minimum Gasteiger partial charge on any atom is -0.458 e. The molecule has 0 fully saturated rings. The molecule has 1 heterocycles. The molecular weight excluding hydrogens is 503 g/mol. The van der Waals surface area contributed by atoms with Crippen molar-refractivity contribution in [1.82, 2.24) is 10.2 Å². The SMILES string of the molecule is C=CCC[C@H](O)[C@@H](C(=O)NC(C(=O)OC(C)(C)C)P(=O)(OCC)OCC)N1C(=O)c2ccccc2C1=O. The average Bonchev–Trinajstić information content (AvgIpc) is 3.06. The summed E-state index contributed by atoms with van der Waals surface area (Å²) < 4.78 is 29.5. The number of carbonyl (C=O) groups is 4. The monoisotopic (exact) mass is 538 g/mol. The fourth-order valence-electron chi connectivity index (χ4n) is 3.76. The molecule has 12 heteroatoms. The van der Waals surface area contributed by atoms with Crippen molar-refractivity contribution in [1.29, 1.82) is 0 Å². The van der Waals surface area contributed by atoms with Crippen molar-refractivity contribution in [3.8, 4) is 0 Å². The number of nitrogens with one attached hydrogen (secondary N) is 1. The number of fused-ring (bicyclic) bond motifs is 1. The number of allylic oxidation sites excluding steroid dienone is 1. The lowest BCUT2D eigenvalue weighted by atomic mass is 10.0. The molecule has 1 aliphatic rings. The molecule has 0 spiro atoms. The van der Waals surface area contributed by atoms with Crippen LogP contribution in [0, 0.1) is 0 Å². The third-order valence-corrected chi connectivity index (χ3v) is 7.46. The van der Waals surface area contributed by atoms with E-state index in [4.69, 9.17) is 13.8 Å². The Balaban J connectivity index is 2.53. The molecule has 1 unspecified atom stereocenters. The highest BCUT2D eigenvalue weighted by Crippen LogP contribution is 2.52. The van der Waals surface area contributed by atoms with Crippen LogP contribution in [0.3, 0.4) is 0 Å².